The number of halogens is 1. The van der Waals surface area contributed by atoms with Crippen molar-refractivity contribution in [1.29, 1.82) is 0 Å². The Labute approximate surface area is 105 Å². The molecule has 0 aliphatic rings. The van der Waals surface area contributed by atoms with Gasteiger partial charge in [-0.25, -0.2) is 4.98 Å². The van der Waals surface area contributed by atoms with E-state index in [-0.39, 0.29) is 12.5 Å². The van der Waals surface area contributed by atoms with E-state index in [2.05, 4.69) is 10.3 Å². The van der Waals surface area contributed by atoms with Gasteiger partial charge in [0, 0.05) is 24.9 Å². The highest BCUT2D eigenvalue weighted by Gasteiger charge is 2.04. The summed E-state index contributed by atoms with van der Waals surface area (Å²) in [5.41, 5.74) is 0.487. The molecule has 1 aromatic rings. The molecule has 0 fully saturated rings. The molecule has 94 valence electrons. The minimum atomic E-state index is -0.184. The number of hydrogen-bond donors (Lipinski definition) is 2. The Morgan fingerprint density at radius 2 is 2.35 bits per heavy atom. The van der Waals surface area contributed by atoms with Gasteiger partial charge in [-0.1, -0.05) is 11.6 Å². The molecule has 0 aromatic carbocycles. The molecule has 1 aromatic heterocycles. The number of aliphatic hydroxyl groups is 1. The molecule has 0 saturated heterocycles. The minimum absolute atomic E-state index is 0.0157. The first-order chi connectivity index (χ1) is 8.24. The van der Waals surface area contributed by atoms with Crippen LogP contribution in [0.3, 0.4) is 0 Å². The third kappa shape index (κ3) is 5.63. The van der Waals surface area contributed by atoms with Crippen LogP contribution in [0.25, 0.3) is 0 Å². The Balaban J connectivity index is 2.21. The number of hydrogen-bond acceptors (Lipinski definition) is 4. The first-order valence-electron chi connectivity index (χ1n) is 5.32. The topological polar surface area (TPSA) is 71.5 Å². The van der Waals surface area contributed by atoms with Crippen molar-refractivity contribution in [3.05, 3.63) is 29.0 Å². The summed E-state index contributed by atoms with van der Waals surface area (Å²) in [5, 5.41) is 11.5. The van der Waals surface area contributed by atoms with Crippen molar-refractivity contribution in [2.75, 3.05) is 26.4 Å². The van der Waals surface area contributed by atoms with Crippen LogP contribution in [-0.2, 0) is 4.74 Å². The molecule has 0 atom stereocenters. The molecule has 0 saturated carbocycles. The van der Waals surface area contributed by atoms with Gasteiger partial charge in [-0.2, -0.15) is 0 Å². The molecule has 17 heavy (non-hydrogen) atoms. The van der Waals surface area contributed by atoms with Crippen molar-refractivity contribution >= 4 is 17.5 Å². The number of pyridine rings is 1. The first-order valence-corrected chi connectivity index (χ1v) is 5.70. The zero-order valence-corrected chi connectivity index (χ0v) is 10.1. The molecular weight excluding hydrogens is 244 g/mol. The van der Waals surface area contributed by atoms with Crippen molar-refractivity contribution in [3.63, 3.8) is 0 Å². The summed E-state index contributed by atoms with van der Waals surface area (Å²) in [4.78, 5) is 15.4. The molecule has 1 heterocycles. The number of amides is 1. The average Bonchev–Trinajstić information content (AvgIpc) is 2.33. The van der Waals surface area contributed by atoms with Crippen molar-refractivity contribution in [2.45, 2.75) is 6.42 Å². The zero-order chi connectivity index (χ0) is 12.5. The smallest absolute Gasteiger partial charge is 0.251 e. The Hall–Kier alpha value is -1.17. The molecule has 0 aliphatic heterocycles. The molecule has 0 spiro atoms. The molecule has 5 nitrogen and oxygen atoms in total. The molecule has 0 radical (unpaired) electrons. The normalized spacial score (nSPS) is 10.2. The maximum Gasteiger partial charge on any atom is 0.251 e. The summed E-state index contributed by atoms with van der Waals surface area (Å²) in [6.45, 7) is 1.37. The summed E-state index contributed by atoms with van der Waals surface area (Å²) >= 11 is 5.67. The van der Waals surface area contributed by atoms with Gasteiger partial charge in [-0.3, -0.25) is 4.79 Å². The molecule has 2 N–H and O–H groups in total. The van der Waals surface area contributed by atoms with E-state index in [1.807, 2.05) is 0 Å². The lowest BCUT2D eigenvalue weighted by Gasteiger charge is -2.05. The Bertz CT molecular complexity index is 360. The second-order valence-corrected chi connectivity index (χ2v) is 3.70. The molecule has 6 heteroatoms. The highest BCUT2D eigenvalue weighted by atomic mass is 35.5. The van der Waals surface area contributed by atoms with Crippen molar-refractivity contribution in [2.24, 2.45) is 0 Å². The Morgan fingerprint density at radius 3 is 3.06 bits per heavy atom. The van der Waals surface area contributed by atoms with Crippen LogP contribution in [0.1, 0.15) is 16.8 Å². The molecule has 0 bridgehead atoms. The predicted octanol–water partition coefficient (Wildman–Crippen LogP) is 0.864. The minimum Gasteiger partial charge on any atom is -0.394 e. The van der Waals surface area contributed by atoms with Crippen molar-refractivity contribution in [3.8, 4) is 0 Å². The van der Waals surface area contributed by atoms with Crippen LogP contribution in [0, 0.1) is 0 Å². The summed E-state index contributed by atoms with van der Waals surface area (Å²) in [7, 11) is 0. The second kappa shape index (κ2) is 8.00. The fourth-order valence-electron chi connectivity index (χ4n) is 1.19. The van der Waals surface area contributed by atoms with Gasteiger partial charge in [-0.05, 0) is 18.6 Å². The first kappa shape index (κ1) is 13.9. The van der Waals surface area contributed by atoms with Crippen LogP contribution in [0.2, 0.25) is 5.15 Å². The SMILES string of the molecule is O=C(NCCCOCCO)c1ccnc(Cl)c1. The van der Waals surface area contributed by atoms with Crippen molar-refractivity contribution < 1.29 is 14.6 Å². The Kier molecular flexibility index (Phi) is 6.54. The highest BCUT2D eigenvalue weighted by molar-refractivity contribution is 6.29. The fourth-order valence-corrected chi connectivity index (χ4v) is 1.36. The molecule has 1 rings (SSSR count). The van der Waals surface area contributed by atoms with Crippen LogP contribution < -0.4 is 5.32 Å². The molecule has 0 aliphatic carbocycles. The van der Waals surface area contributed by atoms with E-state index >= 15 is 0 Å². The Morgan fingerprint density at radius 1 is 1.53 bits per heavy atom. The maximum atomic E-state index is 11.6. The van der Waals surface area contributed by atoms with Crippen LogP contribution in [0.15, 0.2) is 18.3 Å². The highest BCUT2D eigenvalue weighted by Crippen LogP contribution is 2.06. The number of carbonyl (C=O) groups is 1. The summed E-state index contributed by atoms with van der Waals surface area (Å²) in [6.07, 6.45) is 2.19. The number of ether oxygens (including phenoxy) is 1. The zero-order valence-electron chi connectivity index (χ0n) is 9.36. The van der Waals surface area contributed by atoms with Gasteiger partial charge in [0.1, 0.15) is 5.15 Å². The monoisotopic (exact) mass is 258 g/mol. The second-order valence-electron chi connectivity index (χ2n) is 3.31. The number of nitrogens with zero attached hydrogens (tertiary/aromatic N) is 1. The quantitative estimate of drug-likeness (QED) is 0.562. The predicted molar refractivity (Wildman–Crippen MR) is 64.1 cm³/mol. The average molecular weight is 259 g/mol. The van der Waals surface area contributed by atoms with Gasteiger partial charge >= 0.3 is 0 Å². The number of aromatic nitrogens is 1. The standard InChI is InChI=1S/C11H15ClN2O3/c12-10-8-9(2-4-13-10)11(16)14-3-1-6-17-7-5-15/h2,4,8,15H,1,3,5-7H2,(H,14,16). The molecule has 0 unspecified atom stereocenters. The largest absolute Gasteiger partial charge is 0.394 e. The summed E-state index contributed by atoms with van der Waals surface area (Å²) in [5.74, 6) is -0.184. The number of aliphatic hydroxyl groups excluding tert-OH is 1. The fraction of sp³-hybridized carbons (Fsp3) is 0.455. The summed E-state index contributed by atoms with van der Waals surface area (Å²) in [6, 6.07) is 3.11. The maximum absolute atomic E-state index is 11.6. The van der Waals surface area contributed by atoms with E-state index in [0.717, 1.165) is 0 Å². The molecule has 1 amide bonds. The summed E-state index contributed by atoms with van der Waals surface area (Å²) < 4.78 is 5.06. The van der Waals surface area contributed by atoms with Gasteiger partial charge in [0.25, 0.3) is 5.91 Å². The number of rotatable bonds is 7. The van der Waals surface area contributed by atoms with Crippen LogP contribution in [-0.4, -0.2) is 42.4 Å². The van der Waals surface area contributed by atoms with Gasteiger partial charge in [0.05, 0.1) is 13.2 Å². The van der Waals surface area contributed by atoms with Crippen LogP contribution >= 0.6 is 11.6 Å². The van der Waals surface area contributed by atoms with E-state index in [0.29, 0.717) is 36.9 Å². The lowest BCUT2D eigenvalue weighted by Crippen LogP contribution is -2.25. The molecular formula is C11H15ClN2O3. The van der Waals surface area contributed by atoms with Gasteiger partial charge in [-0.15, -0.1) is 0 Å². The third-order valence-corrected chi connectivity index (χ3v) is 2.18. The number of carbonyl (C=O) groups excluding carboxylic acids is 1. The van der Waals surface area contributed by atoms with E-state index in [4.69, 9.17) is 21.4 Å². The van der Waals surface area contributed by atoms with Gasteiger partial charge in [0.15, 0.2) is 0 Å². The van der Waals surface area contributed by atoms with Crippen molar-refractivity contribution in [1.82, 2.24) is 10.3 Å². The lowest BCUT2D eigenvalue weighted by molar-refractivity contribution is 0.0867. The van der Waals surface area contributed by atoms with E-state index in [9.17, 15) is 4.79 Å². The van der Waals surface area contributed by atoms with Crippen LogP contribution in [0.4, 0.5) is 0 Å². The van der Waals surface area contributed by atoms with Gasteiger partial charge < -0.3 is 15.2 Å². The van der Waals surface area contributed by atoms with E-state index < -0.39 is 0 Å². The van der Waals surface area contributed by atoms with E-state index in [1.54, 1.807) is 6.07 Å². The third-order valence-electron chi connectivity index (χ3n) is 1.98. The van der Waals surface area contributed by atoms with Crippen LogP contribution in [0.5, 0.6) is 0 Å². The van der Waals surface area contributed by atoms with Gasteiger partial charge in [0.2, 0.25) is 0 Å². The number of nitrogens with one attached hydrogen (secondary N) is 1. The lowest BCUT2D eigenvalue weighted by atomic mass is 10.2. The van der Waals surface area contributed by atoms with E-state index in [1.165, 1.54) is 12.3 Å².